The van der Waals surface area contributed by atoms with E-state index in [2.05, 4.69) is 10.2 Å². The van der Waals surface area contributed by atoms with Crippen molar-refractivity contribution < 1.29 is 8.42 Å². The van der Waals surface area contributed by atoms with Gasteiger partial charge in [-0.25, -0.2) is 8.42 Å². The number of rotatable bonds is 4. The van der Waals surface area contributed by atoms with Crippen molar-refractivity contribution in [3.63, 3.8) is 0 Å². The molecule has 0 radical (unpaired) electrons. The van der Waals surface area contributed by atoms with E-state index >= 15 is 0 Å². The van der Waals surface area contributed by atoms with E-state index in [1.54, 1.807) is 6.92 Å². The molecule has 0 aliphatic rings. The van der Waals surface area contributed by atoms with Crippen LogP contribution in [-0.4, -0.2) is 41.0 Å². The summed E-state index contributed by atoms with van der Waals surface area (Å²) >= 11 is 4.74. The van der Waals surface area contributed by atoms with Gasteiger partial charge in [0, 0.05) is 13.2 Å². The summed E-state index contributed by atoms with van der Waals surface area (Å²) in [6.45, 7) is 1.62. The lowest BCUT2D eigenvalue weighted by atomic mass is 10.3. The minimum absolute atomic E-state index is 0.0908. The Morgan fingerprint density at radius 3 is 2.73 bits per heavy atom. The molecule has 1 atom stereocenters. The second-order valence-corrected chi connectivity index (χ2v) is 5.50. The zero-order valence-electron chi connectivity index (χ0n) is 8.34. The fourth-order valence-electron chi connectivity index (χ4n) is 0.934. The first-order chi connectivity index (χ1) is 6.87. The van der Waals surface area contributed by atoms with Crippen molar-refractivity contribution in [1.29, 1.82) is 0 Å². The van der Waals surface area contributed by atoms with Gasteiger partial charge in [-0.2, -0.15) is 9.40 Å². The van der Waals surface area contributed by atoms with Crippen LogP contribution in [-0.2, 0) is 10.0 Å². The molecular formula is C7H12N4O2S2. The Labute approximate surface area is 93.5 Å². The quantitative estimate of drug-likeness (QED) is 0.714. The first-order valence-electron chi connectivity index (χ1n) is 4.13. The second-order valence-electron chi connectivity index (χ2n) is 3.03. The fourth-order valence-corrected chi connectivity index (χ4v) is 2.41. The van der Waals surface area contributed by atoms with E-state index in [0.29, 0.717) is 0 Å². The summed E-state index contributed by atoms with van der Waals surface area (Å²) in [7, 11) is -2.15. The number of H-pyrrole nitrogens is 1. The van der Waals surface area contributed by atoms with Gasteiger partial charge in [-0.05, 0) is 6.92 Å². The van der Waals surface area contributed by atoms with Gasteiger partial charge in [-0.15, -0.1) is 0 Å². The molecular weight excluding hydrogens is 236 g/mol. The van der Waals surface area contributed by atoms with Crippen LogP contribution in [0.2, 0.25) is 0 Å². The first-order valence-corrected chi connectivity index (χ1v) is 5.98. The molecule has 1 heterocycles. The van der Waals surface area contributed by atoms with E-state index in [0.717, 1.165) is 4.31 Å². The molecule has 0 aliphatic carbocycles. The number of thiocarbonyl (C=S) groups is 1. The smallest absolute Gasteiger partial charge is 0.246 e. The van der Waals surface area contributed by atoms with Crippen LogP contribution in [0.1, 0.15) is 6.92 Å². The number of hydrogen-bond acceptors (Lipinski definition) is 4. The van der Waals surface area contributed by atoms with Gasteiger partial charge >= 0.3 is 0 Å². The number of likely N-dealkylation sites (N-methyl/N-ethyl adjacent to an activating group) is 1. The Bertz CT molecular complexity index is 440. The molecule has 0 fully saturated rings. The standard InChI is InChI=1S/C7H12N4O2S2/c1-5(7(8)14)11(2)15(12,13)6-3-9-10-4-6/h3-5H,1-2H3,(H2,8,14)(H,9,10). The van der Waals surface area contributed by atoms with Crippen molar-refractivity contribution in [2.45, 2.75) is 17.9 Å². The number of sulfonamides is 1. The van der Waals surface area contributed by atoms with Crippen LogP contribution in [0.4, 0.5) is 0 Å². The SMILES string of the molecule is CC(C(N)=S)N(C)S(=O)(=O)c1cn[nH]c1. The summed E-state index contributed by atoms with van der Waals surface area (Å²) in [5.41, 5.74) is 5.39. The van der Waals surface area contributed by atoms with Crippen molar-refractivity contribution in [2.75, 3.05) is 7.05 Å². The highest BCUT2D eigenvalue weighted by Gasteiger charge is 2.27. The molecule has 0 saturated carbocycles. The fraction of sp³-hybridized carbons (Fsp3) is 0.429. The molecule has 8 heteroatoms. The summed E-state index contributed by atoms with van der Waals surface area (Å²) in [6.07, 6.45) is 2.54. The van der Waals surface area contributed by atoms with Gasteiger partial charge < -0.3 is 5.73 Å². The van der Waals surface area contributed by atoms with Crippen molar-refractivity contribution in [3.8, 4) is 0 Å². The average Bonchev–Trinajstić information content (AvgIpc) is 2.68. The summed E-state index contributed by atoms with van der Waals surface area (Å²) in [6, 6.07) is -0.528. The van der Waals surface area contributed by atoms with Crippen LogP contribution in [0.15, 0.2) is 17.3 Å². The lowest BCUT2D eigenvalue weighted by Gasteiger charge is -2.22. The molecule has 6 nitrogen and oxygen atoms in total. The highest BCUT2D eigenvalue weighted by Crippen LogP contribution is 2.14. The van der Waals surface area contributed by atoms with Gasteiger partial charge in [0.05, 0.1) is 17.2 Å². The molecule has 84 valence electrons. The molecule has 0 spiro atoms. The van der Waals surface area contributed by atoms with Gasteiger partial charge in [0.1, 0.15) is 4.90 Å². The summed E-state index contributed by atoms with van der Waals surface area (Å²) in [4.78, 5) is 0.220. The largest absolute Gasteiger partial charge is 0.392 e. The Balaban J connectivity index is 3.03. The Kier molecular flexibility index (Phi) is 3.42. The third kappa shape index (κ3) is 2.33. The summed E-state index contributed by atoms with van der Waals surface area (Å²) < 4.78 is 24.9. The van der Waals surface area contributed by atoms with E-state index in [4.69, 9.17) is 18.0 Å². The normalized spacial score (nSPS) is 14.1. The Morgan fingerprint density at radius 1 is 1.73 bits per heavy atom. The third-order valence-corrected chi connectivity index (χ3v) is 4.34. The van der Waals surface area contributed by atoms with Crippen molar-refractivity contribution in [1.82, 2.24) is 14.5 Å². The number of aromatic amines is 1. The molecule has 0 bridgehead atoms. The van der Waals surface area contributed by atoms with E-state index in [9.17, 15) is 8.42 Å². The van der Waals surface area contributed by atoms with Crippen molar-refractivity contribution in [3.05, 3.63) is 12.4 Å². The van der Waals surface area contributed by atoms with Crippen molar-refractivity contribution in [2.24, 2.45) is 5.73 Å². The highest BCUT2D eigenvalue weighted by atomic mass is 32.2. The Morgan fingerprint density at radius 2 is 2.33 bits per heavy atom. The van der Waals surface area contributed by atoms with Gasteiger partial charge in [-0.3, -0.25) is 5.10 Å². The minimum atomic E-state index is -3.57. The van der Waals surface area contributed by atoms with Gasteiger partial charge in [0.25, 0.3) is 0 Å². The number of hydrogen-bond donors (Lipinski definition) is 2. The predicted octanol–water partition coefficient (Wildman–Crippen LogP) is -0.295. The zero-order valence-corrected chi connectivity index (χ0v) is 9.97. The topological polar surface area (TPSA) is 92.1 Å². The summed E-state index contributed by atoms with van der Waals surface area (Å²) in [5, 5.41) is 6.02. The zero-order chi connectivity index (χ0) is 11.6. The van der Waals surface area contributed by atoms with Crippen LogP contribution < -0.4 is 5.73 Å². The van der Waals surface area contributed by atoms with Crippen LogP contribution in [0.5, 0.6) is 0 Å². The second kappa shape index (κ2) is 4.25. The lowest BCUT2D eigenvalue weighted by molar-refractivity contribution is 0.451. The van der Waals surface area contributed by atoms with E-state index in [1.807, 2.05) is 0 Å². The molecule has 15 heavy (non-hydrogen) atoms. The van der Waals surface area contributed by atoms with Crippen LogP contribution in [0.3, 0.4) is 0 Å². The van der Waals surface area contributed by atoms with Crippen molar-refractivity contribution >= 4 is 27.2 Å². The summed E-state index contributed by atoms with van der Waals surface area (Å²) in [5.74, 6) is 0. The molecule has 1 rings (SSSR count). The Hall–Kier alpha value is -0.990. The molecule has 0 saturated heterocycles. The highest BCUT2D eigenvalue weighted by molar-refractivity contribution is 7.89. The van der Waals surface area contributed by atoms with E-state index < -0.39 is 16.1 Å². The maximum absolute atomic E-state index is 11.9. The average molecular weight is 248 g/mol. The minimum Gasteiger partial charge on any atom is -0.392 e. The van der Waals surface area contributed by atoms with Gasteiger partial charge in [-0.1, -0.05) is 12.2 Å². The molecule has 0 amide bonds. The predicted molar refractivity (Wildman–Crippen MR) is 59.8 cm³/mol. The van der Waals surface area contributed by atoms with Gasteiger partial charge in [0.15, 0.2) is 0 Å². The van der Waals surface area contributed by atoms with Gasteiger partial charge in [0.2, 0.25) is 10.0 Å². The molecule has 1 unspecified atom stereocenters. The maximum Gasteiger partial charge on any atom is 0.246 e. The van der Waals surface area contributed by atoms with Crippen LogP contribution in [0.25, 0.3) is 0 Å². The molecule has 1 aromatic rings. The van der Waals surface area contributed by atoms with E-state index in [-0.39, 0.29) is 9.88 Å². The maximum atomic E-state index is 11.9. The monoisotopic (exact) mass is 248 g/mol. The first kappa shape index (κ1) is 12.1. The molecule has 0 aliphatic heterocycles. The number of nitrogens with one attached hydrogen (secondary N) is 1. The van der Waals surface area contributed by atoms with Crippen LogP contribution in [0, 0.1) is 0 Å². The molecule has 1 aromatic heterocycles. The molecule has 3 N–H and O–H groups in total. The lowest BCUT2D eigenvalue weighted by Crippen LogP contribution is -2.42. The van der Waals surface area contributed by atoms with Crippen LogP contribution >= 0.6 is 12.2 Å². The number of aromatic nitrogens is 2. The third-order valence-electron chi connectivity index (χ3n) is 2.11. The number of nitrogens with zero attached hydrogens (tertiary/aromatic N) is 2. The van der Waals surface area contributed by atoms with E-state index in [1.165, 1.54) is 19.4 Å². The molecule has 0 aromatic carbocycles. The number of nitrogens with two attached hydrogens (primary N) is 1.